The molecule has 1 atom stereocenters. The first-order valence-electron chi connectivity index (χ1n) is 8.10. The zero-order valence-electron chi connectivity index (χ0n) is 12.9. The van der Waals surface area contributed by atoms with E-state index in [0.717, 1.165) is 19.3 Å². The minimum Gasteiger partial charge on any atom is -0.390 e. The average Bonchev–Trinajstić information content (AvgIpc) is 2.49. The van der Waals surface area contributed by atoms with Crippen LogP contribution in [-0.2, 0) is 17.6 Å². The third-order valence-corrected chi connectivity index (χ3v) is 4.60. The molecule has 2 nitrogen and oxygen atoms in total. The second-order valence-electron chi connectivity index (χ2n) is 5.95. The Balaban J connectivity index is 2.05. The summed E-state index contributed by atoms with van der Waals surface area (Å²) in [4.78, 5) is 0. The Labute approximate surface area is 123 Å². The second-order valence-corrected chi connectivity index (χ2v) is 5.95. The Bertz CT molecular complexity index is 385. The molecular weight excluding hydrogens is 248 g/mol. The molecule has 0 saturated heterocycles. The molecule has 1 N–H and O–H groups in total. The molecule has 1 fully saturated rings. The zero-order valence-corrected chi connectivity index (χ0v) is 12.9. The maximum absolute atomic E-state index is 10.7. The summed E-state index contributed by atoms with van der Waals surface area (Å²) in [5, 5.41) is 10.7. The highest BCUT2D eigenvalue weighted by Crippen LogP contribution is 2.35. The minimum absolute atomic E-state index is 0.309. The monoisotopic (exact) mass is 276 g/mol. The molecule has 0 amide bonds. The molecule has 1 unspecified atom stereocenters. The molecule has 1 aliphatic carbocycles. The molecule has 1 saturated carbocycles. The SMILES string of the molecule is CCOC1(C(O)Cc2ccc(CC)cc2)CCCCC1. The van der Waals surface area contributed by atoms with Crippen LogP contribution in [0.5, 0.6) is 0 Å². The molecular formula is C18H28O2. The van der Waals surface area contributed by atoms with Gasteiger partial charge in [-0.15, -0.1) is 0 Å². The van der Waals surface area contributed by atoms with Gasteiger partial charge in [0.05, 0.1) is 11.7 Å². The molecule has 1 aromatic carbocycles. The number of aliphatic hydroxyl groups excluding tert-OH is 1. The van der Waals surface area contributed by atoms with Crippen molar-refractivity contribution in [1.82, 2.24) is 0 Å². The molecule has 112 valence electrons. The van der Waals surface area contributed by atoms with E-state index in [1.807, 2.05) is 6.92 Å². The summed E-state index contributed by atoms with van der Waals surface area (Å²) in [6, 6.07) is 8.61. The molecule has 20 heavy (non-hydrogen) atoms. The van der Waals surface area contributed by atoms with Crippen LogP contribution in [0.15, 0.2) is 24.3 Å². The molecule has 1 aromatic rings. The summed E-state index contributed by atoms with van der Waals surface area (Å²) in [7, 11) is 0. The number of aliphatic hydroxyl groups is 1. The van der Waals surface area contributed by atoms with E-state index >= 15 is 0 Å². The fourth-order valence-electron chi connectivity index (χ4n) is 3.33. The van der Waals surface area contributed by atoms with Gasteiger partial charge in [-0.3, -0.25) is 0 Å². The van der Waals surface area contributed by atoms with Gasteiger partial charge < -0.3 is 9.84 Å². The van der Waals surface area contributed by atoms with Crippen LogP contribution < -0.4 is 0 Å². The van der Waals surface area contributed by atoms with Crippen molar-refractivity contribution < 1.29 is 9.84 Å². The summed E-state index contributed by atoms with van der Waals surface area (Å²) >= 11 is 0. The highest BCUT2D eigenvalue weighted by molar-refractivity contribution is 5.23. The van der Waals surface area contributed by atoms with Crippen LogP contribution in [0, 0.1) is 0 Å². The van der Waals surface area contributed by atoms with E-state index in [-0.39, 0.29) is 5.60 Å². The lowest BCUT2D eigenvalue weighted by atomic mass is 9.78. The van der Waals surface area contributed by atoms with Crippen molar-refractivity contribution in [2.24, 2.45) is 0 Å². The molecule has 2 heteroatoms. The lowest BCUT2D eigenvalue weighted by Gasteiger charge is -2.41. The smallest absolute Gasteiger partial charge is 0.0943 e. The van der Waals surface area contributed by atoms with Crippen LogP contribution in [0.25, 0.3) is 0 Å². The number of benzene rings is 1. The zero-order chi connectivity index (χ0) is 14.4. The third kappa shape index (κ3) is 3.62. The van der Waals surface area contributed by atoms with E-state index in [2.05, 4.69) is 31.2 Å². The Hall–Kier alpha value is -0.860. The van der Waals surface area contributed by atoms with Gasteiger partial charge in [-0.1, -0.05) is 50.5 Å². The number of hydrogen-bond acceptors (Lipinski definition) is 2. The van der Waals surface area contributed by atoms with Gasteiger partial charge >= 0.3 is 0 Å². The van der Waals surface area contributed by atoms with Crippen LogP contribution in [-0.4, -0.2) is 23.4 Å². The third-order valence-electron chi connectivity index (χ3n) is 4.60. The summed E-state index contributed by atoms with van der Waals surface area (Å²) in [6.45, 7) is 4.88. The lowest BCUT2D eigenvalue weighted by Crippen LogP contribution is -2.47. The van der Waals surface area contributed by atoms with Gasteiger partial charge in [0.15, 0.2) is 0 Å². The van der Waals surface area contributed by atoms with Gasteiger partial charge in [-0.05, 0) is 37.3 Å². The molecule has 0 aromatic heterocycles. The first-order valence-corrected chi connectivity index (χ1v) is 8.10. The lowest BCUT2D eigenvalue weighted by molar-refractivity contribution is -0.138. The number of hydrogen-bond donors (Lipinski definition) is 1. The predicted octanol–water partition coefficient (Wildman–Crippen LogP) is 3.89. The van der Waals surface area contributed by atoms with Crippen molar-refractivity contribution in [3.63, 3.8) is 0 Å². The standard InChI is InChI=1S/C18H28O2/c1-3-15-8-10-16(11-9-15)14-17(19)18(20-4-2)12-6-5-7-13-18/h8-11,17,19H,3-7,12-14H2,1-2H3. The Morgan fingerprint density at radius 3 is 2.20 bits per heavy atom. The van der Waals surface area contributed by atoms with Gasteiger partial charge in [-0.25, -0.2) is 0 Å². The molecule has 0 bridgehead atoms. The topological polar surface area (TPSA) is 29.5 Å². The summed E-state index contributed by atoms with van der Waals surface area (Å²) in [6.07, 6.45) is 6.97. The van der Waals surface area contributed by atoms with Crippen molar-refractivity contribution >= 4 is 0 Å². The van der Waals surface area contributed by atoms with Crippen molar-refractivity contribution in [2.45, 2.75) is 70.5 Å². The van der Waals surface area contributed by atoms with Crippen LogP contribution in [0.2, 0.25) is 0 Å². The highest BCUT2D eigenvalue weighted by atomic mass is 16.5. The summed E-state index contributed by atoms with van der Waals surface area (Å²) < 4.78 is 6.00. The van der Waals surface area contributed by atoms with Gasteiger partial charge in [0.1, 0.15) is 0 Å². The Morgan fingerprint density at radius 1 is 1.05 bits per heavy atom. The van der Waals surface area contributed by atoms with Crippen LogP contribution in [0.1, 0.15) is 57.1 Å². The van der Waals surface area contributed by atoms with Crippen molar-refractivity contribution in [1.29, 1.82) is 0 Å². The normalized spacial score (nSPS) is 19.8. The fraction of sp³-hybridized carbons (Fsp3) is 0.667. The van der Waals surface area contributed by atoms with Gasteiger partial charge in [0.25, 0.3) is 0 Å². The summed E-state index contributed by atoms with van der Waals surface area (Å²) in [5.41, 5.74) is 2.25. The van der Waals surface area contributed by atoms with Crippen LogP contribution >= 0.6 is 0 Å². The molecule has 0 spiro atoms. The van der Waals surface area contributed by atoms with Gasteiger partial charge in [-0.2, -0.15) is 0 Å². The average molecular weight is 276 g/mol. The van der Waals surface area contributed by atoms with E-state index in [0.29, 0.717) is 13.0 Å². The van der Waals surface area contributed by atoms with Crippen LogP contribution in [0.4, 0.5) is 0 Å². The van der Waals surface area contributed by atoms with Crippen LogP contribution in [0.3, 0.4) is 0 Å². The van der Waals surface area contributed by atoms with E-state index < -0.39 is 6.10 Å². The first kappa shape index (κ1) is 15.5. The summed E-state index contributed by atoms with van der Waals surface area (Å²) in [5.74, 6) is 0. The fourth-order valence-corrected chi connectivity index (χ4v) is 3.33. The van der Waals surface area contributed by atoms with E-state index in [1.165, 1.54) is 30.4 Å². The van der Waals surface area contributed by atoms with Crippen molar-refractivity contribution in [3.05, 3.63) is 35.4 Å². The predicted molar refractivity (Wildman–Crippen MR) is 83.0 cm³/mol. The van der Waals surface area contributed by atoms with Gasteiger partial charge in [0, 0.05) is 13.0 Å². The second kappa shape index (κ2) is 7.24. The molecule has 0 radical (unpaired) electrons. The number of aryl methyl sites for hydroxylation is 1. The number of ether oxygens (including phenoxy) is 1. The van der Waals surface area contributed by atoms with Crippen molar-refractivity contribution in [3.8, 4) is 0 Å². The van der Waals surface area contributed by atoms with E-state index in [9.17, 15) is 5.11 Å². The number of rotatable bonds is 6. The Morgan fingerprint density at radius 2 is 1.65 bits per heavy atom. The van der Waals surface area contributed by atoms with Gasteiger partial charge in [0.2, 0.25) is 0 Å². The maximum atomic E-state index is 10.7. The molecule has 1 aliphatic rings. The molecule has 0 aliphatic heterocycles. The largest absolute Gasteiger partial charge is 0.390 e. The highest BCUT2D eigenvalue weighted by Gasteiger charge is 2.39. The van der Waals surface area contributed by atoms with Crippen molar-refractivity contribution in [2.75, 3.05) is 6.61 Å². The maximum Gasteiger partial charge on any atom is 0.0943 e. The minimum atomic E-state index is -0.393. The molecule has 0 heterocycles. The quantitative estimate of drug-likeness (QED) is 0.854. The Kier molecular flexibility index (Phi) is 5.62. The first-order chi connectivity index (χ1) is 9.70. The molecule has 2 rings (SSSR count). The van der Waals surface area contributed by atoms with E-state index in [1.54, 1.807) is 0 Å². The van der Waals surface area contributed by atoms with E-state index in [4.69, 9.17) is 4.74 Å².